The van der Waals surface area contributed by atoms with Gasteiger partial charge in [0.2, 0.25) is 0 Å². The first-order valence-electron chi connectivity index (χ1n) is 11.9. The van der Waals surface area contributed by atoms with E-state index in [0.717, 1.165) is 47.6 Å². The summed E-state index contributed by atoms with van der Waals surface area (Å²) in [5.74, 6) is 1.86. The number of halogens is 4. The minimum absolute atomic E-state index is 0.0778. The van der Waals surface area contributed by atoms with Gasteiger partial charge in [-0.2, -0.15) is 29.9 Å². The van der Waals surface area contributed by atoms with Gasteiger partial charge in [-0.25, -0.2) is 4.98 Å². The molecular weight excluding hydrogens is 559 g/mol. The number of piperazine rings is 1. The Bertz CT molecular complexity index is 1310. The van der Waals surface area contributed by atoms with Crippen molar-refractivity contribution < 1.29 is 22.8 Å². The van der Waals surface area contributed by atoms with Crippen LogP contribution in [0.25, 0.3) is 6.08 Å². The van der Waals surface area contributed by atoms with Crippen molar-refractivity contribution in [2.24, 2.45) is 4.99 Å². The zero-order valence-electron chi connectivity index (χ0n) is 20.1. The smallest absolute Gasteiger partial charge is 0.352 e. The summed E-state index contributed by atoms with van der Waals surface area (Å²) in [6, 6.07) is 7.95. The highest BCUT2D eigenvalue weighted by Gasteiger charge is 2.33. The number of pyridine rings is 1. The van der Waals surface area contributed by atoms with E-state index < -0.39 is 11.7 Å². The van der Waals surface area contributed by atoms with E-state index in [1.807, 2.05) is 17.8 Å². The number of amidine groups is 1. The van der Waals surface area contributed by atoms with E-state index in [2.05, 4.69) is 14.9 Å². The second-order valence-electron chi connectivity index (χ2n) is 8.84. The molecule has 38 heavy (non-hydrogen) atoms. The predicted molar refractivity (Wildman–Crippen MR) is 146 cm³/mol. The maximum absolute atomic E-state index is 13.2. The third-order valence-corrected chi connectivity index (χ3v) is 8.60. The SMILES string of the molecule is O=C1N=C(N2CCSCC2)SC1=Cc1cccc(C(=O)N2CCN(c3ncc(C(F)(F)F)cc3Cl)CC2)c1. The van der Waals surface area contributed by atoms with Crippen LogP contribution in [0.2, 0.25) is 5.02 Å². The summed E-state index contributed by atoms with van der Waals surface area (Å²) in [4.78, 5) is 39.9. The van der Waals surface area contributed by atoms with Crippen molar-refractivity contribution in [2.75, 3.05) is 55.7 Å². The molecule has 0 atom stereocenters. The highest BCUT2D eigenvalue weighted by atomic mass is 35.5. The number of anilines is 1. The zero-order valence-corrected chi connectivity index (χ0v) is 22.5. The Morgan fingerprint density at radius 1 is 1.03 bits per heavy atom. The van der Waals surface area contributed by atoms with Gasteiger partial charge in [0.1, 0.15) is 5.82 Å². The number of nitrogens with zero attached hydrogens (tertiary/aromatic N) is 5. The van der Waals surface area contributed by atoms with Crippen LogP contribution in [0.5, 0.6) is 0 Å². The topological polar surface area (TPSA) is 69.1 Å². The zero-order chi connectivity index (χ0) is 26.9. The molecule has 0 N–H and O–H groups in total. The molecule has 5 rings (SSSR count). The third-order valence-electron chi connectivity index (χ3n) is 6.34. The van der Waals surface area contributed by atoms with Crippen molar-refractivity contribution in [3.05, 3.63) is 63.1 Å². The van der Waals surface area contributed by atoms with Gasteiger partial charge in [-0.15, -0.1) is 0 Å². The Labute approximate surface area is 231 Å². The molecule has 2 aromatic rings. The highest BCUT2D eigenvalue weighted by molar-refractivity contribution is 8.18. The van der Waals surface area contributed by atoms with Gasteiger partial charge < -0.3 is 14.7 Å². The molecule has 13 heteroatoms. The second-order valence-corrected chi connectivity index (χ2v) is 11.5. The standard InChI is InChI=1S/C25H23ClF3N5O2S2/c26-19-14-18(25(27,28)29)15-30-21(19)32-4-6-33(7-5-32)23(36)17-3-1-2-16(12-17)13-20-22(35)31-24(38-20)34-8-10-37-11-9-34/h1-3,12-15H,4-11H2. The second kappa shape index (κ2) is 11.2. The van der Waals surface area contributed by atoms with Gasteiger partial charge in [-0.3, -0.25) is 9.59 Å². The van der Waals surface area contributed by atoms with Crippen LogP contribution in [0.3, 0.4) is 0 Å². The van der Waals surface area contributed by atoms with Crippen LogP contribution in [0, 0.1) is 0 Å². The summed E-state index contributed by atoms with van der Waals surface area (Å²) in [5, 5.41) is 0.653. The Kier molecular flexibility index (Phi) is 7.92. The minimum atomic E-state index is -4.52. The lowest BCUT2D eigenvalue weighted by Crippen LogP contribution is -2.49. The Balaban J connectivity index is 1.22. The van der Waals surface area contributed by atoms with E-state index >= 15 is 0 Å². The highest BCUT2D eigenvalue weighted by Crippen LogP contribution is 2.34. The normalized spacial score (nSPS) is 19.8. The molecule has 0 spiro atoms. The van der Waals surface area contributed by atoms with Crippen LogP contribution >= 0.6 is 35.1 Å². The molecule has 0 unspecified atom stereocenters. The van der Waals surface area contributed by atoms with Crippen LogP contribution < -0.4 is 4.90 Å². The first-order chi connectivity index (χ1) is 18.2. The van der Waals surface area contributed by atoms with Crippen molar-refractivity contribution in [3.8, 4) is 0 Å². The van der Waals surface area contributed by atoms with Crippen LogP contribution in [0.1, 0.15) is 21.5 Å². The van der Waals surface area contributed by atoms with Gasteiger partial charge in [0.15, 0.2) is 5.17 Å². The number of carbonyl (C=O) groups excluding carboxylic acids is 2. The predicted octanol–water partition coefficient (Wildman–Crippen LogP) is 4.74. The fourth-order valence-electron chi connectivity index (χ4n) is 4.32. The first-order valence-corrected chi connectivity index (χ1v) is 14.3. The summed E-state index contributed by atoms with van der Waals surface area (Å²) in [6.45, 7) is 3.23. The number of benzene rings is 1. The molecule has 200 valence electrons. The molecule has 0 aliphatic carbocycles. The van der Waals surface area contributed by atoms with Gasteiger partial charge in [0.25, 0.3) is 11.8 Å². The molecule has 7 nitrogen and oxygen atoms in total. The number of alkyl halides is 3. The number of hydrogen-bond donors (Lipinski definition) is 0. The van der Waals surface area contributed by atoms with Gasteiger partial charge in [0, 0.05) is 62.5 Å². The van der Waals surface area contributed by atoms with Gasteiger partial charge in [0.05, 0.1) is 15.5 Å². The monoisotopic (exact) mass is 581 g/mol. The van der Waals surface area contributed by atoms with Crippen LogP contribution in [-0.2, 0) is 11.0 Å². The summed E-state index contributed by atoms with van der Waals surface area (Å²) in [7, 11) is 0. The fraction of sp³-hybridized carbons (Fsp3) is 0.360. The number of amides is 2. The molecule has 2 saturated heterocycles. The maximum atomic E-state index is 13.2. The van der Waals surface area contributed by atoms with Crippen molar-refractivity contribution in [1.82, 2.24) is 14.8 Å². The molecule has 0 bridgehead atoms. The average molecular weight is 582 g/mol. The average Bonchev–Trinajstić information content (AvgIpc) is 3.28. The molecule has 0 saturated carbocycles. The molecule has 0 radical (unpaired) electrons. The van der Waals surface area contributed by atoms with E-state index in [4.69, 9.17) is 11.6 Å². The van der Waals surface area contributed by atoms with Gasteiger partial charge in [-0.1, -0.05) is 23.7 Å². The van der Waals surface area contributed by atoms with Crippen LogP contribution in [0.15, 0.2) is 46.4 Å². The molecule has 1 aromatic carbocycles. The summed E-state index contributed by atoms with van der Waals surface area (Å²) < 4.78 is 38.7. The number of carbonyl (C=O) groups is 2. The Hall–Kier alpha value is -2.70. The van der Waals surface area contributed by atoms with Crippen molar-refractivity contribution >= 4 is 64.0 Å². The molecule has 3 aliphatic rings. The molecule has 4 heterocycles. The summed E-state index contributed by atoms with van der Waals surface area (Å²) in [5.41, 5.74) is 0.320. The van der Waals surface area contributed by atoms with E-state index in [9.17, 15) is 22.8 Å². The number of aliphatic imine (C=N–C) groups is 1. The van der Waals surface area contributed by atoms with Gasteiger partial charge in [-0.05, 0) is 41.6 Å². The lowest BCUT2D eigenvalue weighted by Gasteiger charge is -2.36. The van der Waals surface area contributed by atoms with Gasteiger partial charge >= 0.3 is 6.18 Å². The number of aromatic nitrogens is 1. The first kappa shape index (κ1) is 26.9. The van der Waals surface area contributed by atoms with Crippen LogP contribution in [-0.4, -0.2) is 82.5 Å². The third kappa shape index (κ3) is 5.97. The fourth-order valence-corrected chi connectivity index (χ4v) is 6.48. The quantitative estimate of drug-likeness (QED) is 0.485. The number of rotatable bonds is 3. The Morgan fingerprint density at radius 3 is 2.45 bits per heavy atom. The molecule has 3 aliphatic heterocycles. The number of thioether (sulfide) groups is 2. The maximum Gasteiger partial charge on any atom is 0.417 e. The van der Waals surface area contributed by atoms with Crippen molar-refractivity contribution in [2.45, 2.75) is 6.18 Å². The molecule has 2 fully saturated rings. The van der Waals surface area contributed by atoms with E-state index in [1.54, 1.807) is 34.1 Å². The number of hydrogen-bond acceptors (Lipinski definition) is 7. The Morgan fingerprint density at radius 2 is 1.76 bits per heavy atom. The molecule has 1 aromatic heterocycles. The minimum Gasteiger partial charge on any atom is -0.352 e. The van der Waals surface area contributed by atoms with Crippen LogP contribution in [0.4, 0.5) is 19.0 Å². The summed E-state index contributed by atoms with van der Waals surface area (Å²) >= 11 is 9.34. The van der Waals surface area contributed by atoms with Crippen molar-refractivity contribution in [1.29, 1.82) is 0 Å². The lowest BCUT2D eigenvalue weighted by atomic mass is 10.1. The largest absolute Gasteiger partial charge is 0.417 e. The van der Waals surface area contributed by atoms with E-state index in [-0.39, 0.29) is 22.7 Å². The molecular formula is C25H23ClF3N5O2S2. The molecule has 2 amide bonds. The lowest BCUT2D eigenvalue weighted by molar-refractivity contribution is -0.137. The van der Waals surface area contributed by atoms with E-state index in [1.165, 1.54) is 11.8 Å². The van der Waals surface area contributed by atoms with Crippen molar-refractivity contribution in [3.63, 3.8) is 0 Å². The summed E-state index contributed by atoms with van der Waals surface area (Å²) in [6.07, 6.45) is -1.99. The van der Waals surface area contributed by atoms with E-state index in [0.29, 0.717) is 36.6 Å².